The predicted molar refractivity (Wildman–Crippen MR) is 141 cm³/mol. The van der Waals surface area contributed by atoms with Crippen LogP contribution in [0.25, 0.3) is 0 Å². The normalized spacial score (nSPS) is 10.4. The highest BCUT2D eigenvalue weighted by Crippen LogP contribution is 2.25. The van der Waals surface area contributed by atoms with E-state index >= 15 is 0 Å². The van der Waals surface area contributed by atoms with Crippen LogP contribution < -0.4 is 22.1 Å². The van der Waals surface area contributed by atoms with Crippen molar-refractivity contribution in [3.8, 4) is 5.75 Å². The molecule has 0 saturated heterocycles. The summed E-state index contributed by atoms with van der Waals surface area (Å²) in [6.07, 6.45) is 0.133. The summed E-state index contributed by atoms with van der Waals surface area (Å²) in [5.41, 5.74) is 11.9. The number of aliphatic carboxylic acids is 1. The average molecular weight is 575 g/mol. The third-order valence-electron chi connectivity index (χ3n) is 5.08. The van der Waals surface area contributed by atoms with Crippen molar-refractivity contribution in [1.82, 2.24) is 9.88 Å². The van der Waals surface area contributed by atoms with E-state index in [-0.39, 0.29) is 47.4 Å². The summed E-state index contributed by atoms with van der Waals surface area (Å²) in [4.78, 5) is 61.1. The molecule has 0 bridgehead atoms. The van der Waals surface area contributed by atoms with Gasteiger partial charge in [-0.05, 0) is 48.4 Å². The van der Waals surface area contributed by atoms with Gasteiger partial charge in [-0.3, -0.25) is 9.59 Å². The lowest BCUT2D eigenvalue weighted by atomic mass is 10.1. The number of esters is 1. The molecule has 1 heterocycles. The number of halogens is 1. The third kappa shape index (κ3) is 8.49. The van der Waals surface area contributed by atoms with Crippen LogP contribution in [0, 0.1) is 0 Å². The minimum absolute atomic E-state index is 0.0456. The number of aliphatic imine (C=N–C) groups is 1. The van der Waals surface area contributed by atoms with Gasteiger partial charge in [0.1, 0.15) is 17.3 Å². The fourth-order valence-electron chi connectivity index (χ4n) is 3.28. The molecule has 7 N–H and O–H groups in total. The molecule has 39 heavy (non-hydrogen) atoms. The van der Waals surface area contributed by atoms with Crippen LogP contribution in [0.15, 0.2) is 52.8 Å². The minimum Gasteiger partial charge on any atom is -0.480 e. The first-order valence-corrected chi connectivity index (χ1v) is 12.4. The highest BCUT2D eigenvalue weighted by atomic mass is 35.5. The predicted octanol–water partition coefficient (Wildman–Crippen LogP) is 2.00. The lowest BCUT2D eigenvalue weighted by Gasteiger charge is -2.19. The van der Waals surface area contributed by atoms with Gasteiger partial charge in [0.15, 0.2) is 11.7 Å². The molecule has 0 aliphatic carbocycles. The summed E-state index contributed by atoms with van der Waals surface area (Å²) in [5, 5.41) is 11.2. The van der Waals surface area contributed by atoms with E-state index in [1.165, 1.54) is 29.6 Å². The number of hydrogen-bond donors (Lipinski definition) is 4. The summed E-state index contributed by atoms with van der Waals surface area (Å²) in [5.74, 6) is 1.77. The Morgan fingerprint density at radius 2 is 1.79 bits per heavy atom. The standard InChI is InChI=1S/C24H23ClN6O7S/c25-17-9-16(37-22(35)14-1-5-15(6-2-14)29-24(26)27)7-3-13(17)4-8-20(32)31(11-21(33)34)10-19-30-18(12-39-19)23(36)38-28/h1-3,5-7,9,12H,4,8,10-11,28H2,(H,33,34)(H4,26,27,29). The van der Waals surface area contributed by atoms with Gasteiger partial charge in [-0.25, -0.2) is 19.6 Å². The largest absolute Gasteiger partial charge is 0.480 e. The molecule has 3 rings (SSSR count). The number of guanidine groups is 1. The van der Waals surface area contributed by atoms with E-state index in [0.29, 0.717) is 16.3 Å². The summed E-state index contributed by atoms with van der Waals surface area (Å²) in [6.45, 7) is -0.687. The van der Waals surface area contributed by atoms with Gasteiger partial charge in [0, 0.05) is 16.8 Å². The van der Waals surface area contributed by atoms with Gasteiger partial charge in [-0.15, -0.1) is 11.3 Å². The Balaban J connectivity index is 1.61. The van der Waals surface area contributed by atoms with Crippen molar-refractivity contribution in [1.29, 1.82) is 0 Å². The van der Waals surface area contributed by atoms with Gasteiger partial charge in [-0.1, -0.05) is 17.7 Å². The maximum atomic E-state index is 12.8. The summed E-state index contributed by atoms with van der Waals surface area (Å²) >= 11 is 7.40. The van der Waals surface area contributed by atoms with Crippen LogP contribution in [0.5, 0.6) is 5.75 Å². The van der Waals surface area contributed by atoms with Crippen LogP contribution in [-0.2, 0) is 27.4 Å². The molecule has 3 aromatic rings. The fourth-order valence-corrected chi connectivity index (χ4v) is 4.32. The summed E-state index contributed by atoms with van der Waals surface area (Å²) < 4.78 is 5.36. The van der Waals surface area contributed by atoms with Crippen molar-refractivity contribution < 1.29 is 33.9 Å². The third-order valence-corrected chi connectivity index (χ3v) is 6.26. The van der Waals surface area contributed by atoms with Crippen molar-refractivity contribution in [2.24, 2.45) is 22.4 Å². The number of aryl methyl sites for hydroxylation is 1. The lowest BCUT2D eigenvalue weighted by molar-refractivity contribution is -0.144. The molecule has 204 valence electrons. The number of rotatable bonds is 11. The van der Waals surface area contributed by atoms with Crippen LogP contribution in [0.1, 0.15) is 37.8 Å². The molecule has 1 amide bonds. The number of carboxylic acid groups (broad SMARTS) is 1. The molecule has 0 unspecified atom stereocenters. The Kier molecular flexibility index (Phi) is 9.92. The van der Waals surface area contributed by atoms with Crippen molar-refractivity contribution in [3.05, 3.63) is 74.7 Å². The molecule has 1 aromatic heterocycles. The fraction of sp³-hybridized carbons (Fsp3) is 0.167. The van der Waals surface area contributed by atoms with Crippen LogP contribution in [0.2, 0.25) is 5.02 Å². The van der Waals surface area contributed by atoms with Crippen LogP contribution >= 0.6 is 22.9 Å². The molecule has 0 radical (unpaired) electrons. The van der Waals surface area contributed by atoms with Crippen LogP contribution in [0.4, 0.5) is 5.69 Å². The number of ether oxygens (including phenoxy) is 1. The minimum atomic E-state index is -1.21. The molecule has 0 saturated carbocycles. The summed E-state index contributed by atoms with van der Waals surface area (Å²) in [7, 11) is 0. The first-order chi connectivity index (χ1) is 18.5. The Morgan fingerprint density at radius 1 is 1.08 bits per heavy atom. The lowest BCUT2D eigenvalue weighted by Crippen LogP contribution is -2.35. The van der Waals surface area contributed by atoms with E-state index in [4.69, 9.17) is 33.7 Å². The molecule has 0 spiro atoms. The second-order valence-electron chi connectivity index (χ2n) is 7.90. The van der Waals surface area contributed by atoms with Gasteiger partial charge in [0.25, 0.3) is 0 Å². The second kappa shape index (κ2) is 13.3. The SMILES string of the molecule is NOC(=O)c1csc(CN(CC(=O)O)C(=O)CCc2ccc(OC(=O)c3ccc(N=C(N)N)cc3)cc2Cl)n1. The number of amides is 1. The Bertz CT molecular complexity index is 1410. The molecule has 0 atom stereocenters. The van der Waals surface area contributed by atoms with E-state index in [1.54, 1.807) is 18.2 Å². The quantitative estimate of drug-likeness (QED) is 0.0853. The summed E-state index contributed by atoms with van der Waals surface area (Å²) in [6, 6.07) is 10.7. The molecule has 13 nitrogen and oxygen atoms in total. The highest BCUT2D eigenvalue weighted by molar-refractivity contribution is 7.09. The van der Waals surface area contributed by atoms with Gasteiger partial charge >= 0.3 is 17.9 Å². The zero-order valence-electron chi connectivity index (χ0n) is 20.2. The Hall–Kier alpha value is -4.53. The number of thiazole rings is 1. The van der Waals surface area contributed by atoms with Crippen LogP contribution in [0.3, 0.4) is 0 Å². The zero-order chi connectivity index (χ0) is 28.5. The van der Waals surface area contributed by atoms with Crippen molar-refractivity contribution >= 4 is 58.4 Å². The van der Waals surface area contributed by atoms with E-state index in [2.05, 4.69) is 14.8 Å². The highest BCUT2D eigenvalue weighted by Gasteiger charge is 2.21. The Labute approximate surface area is 230 Å². The van der Waals surface area contributed by atoms with E-state index < -0.39 is 30.4 Å². The van der Waals surface area contributed by atoms with E-state index in [0.717, 1.165) is 16.2 Å². The van der Waals surface area contributed by atoms with Gasteiger partial charge in [0.2, 0.25) is 5.91 Å². The molecule has 0 aliphatic heterocycles. The number of nitrogens with zero attached hydrogens (tertiary/aromatic N) is 3. The van der Waals surface area contributed by atoms with Gasteiger partial charge < -0.3 is 31.0 Å². The number of carboxylic acids is 1. The first-order valence-electron chi connectivity index (χ1n) is 11.1. The van der Waals surface area contributed by atoms with Crippen LogP contribution in [-0.4, -0.2) is 51.3 Å². The Morgan fingerprint density at radius 3 is 2.41 bits per heavy atom. The molecule has 0 fully saturated rings. The molecule has 15 heteroatoms. The monoisotopic (exact) mass is 574 g/mol. The number of nitrogens with two attached hydrogens (primary N) is 3. The van der Waals surface area contributed by atoms with E-state index in [9.17, 15) is 24.3 Å². The number of carbonyl (C=O) groups excluding carboxylic acids is 3. The van der Waals surface area contributed by atoms with Crippen molar-refractivity contribution in [2.45, 2.75) is 19.4 Å². The molecular formula is C24H23ClN6O7S. The second-order valence-corrected chi connectivity index (χ2v) is 9.25. The molecule has 0 aliphatic rings. The zero-order valence-corrected chi connectivity index (χ0v) is 21.8. The number of benzene rings is 2. The molecule has 2 aromatic carbocycles. The number of carbonyl (C=O) groups is 4. The molecular weight excluding hydrogens is 552 g/mol. The average Bonchev–Trinajstić information content (AvgIpc) is 3.35. The first kappa shape index (κ1) is 29.0. The van der Waals surface area contributed by atoms with Gasteiger partial charge in [0.05, 0.1) is 17.8 Å². The number of hydrogen-bond acceptors (Lipinski definition) is 10. The number of aromatic nitrogens is 1. The van der Waals surface area contributed by atoms with Crippen molar-refractivity contribution in [3.63, 3.8) is 0 Å². The van der Waals surface area contributed by atoms with Crippen molar-refractivity contribution in [2.75, 3.05) is 6.54 Å². The maximum Gasteiger partial charge on any atom is 0.376 e. The maximum absolute atomic E-state index is 12.8. The van der Waals surface area contributed by atoms with E-state index in [1.807, 2.05) is 0 Å². The smallest absolute Gasteiger partial charge is 0.376 e. The van der Waals surface area contributed by atoms with Gasteiger partial charge in [-0.2, -0.15) is 5.90 Å². The topological polar surface area (TPSA) is 214 Å².